The summed E-state index contributed by atoms with van der Waals surface area (Å²) in [6, 6.07) is 4.83. The Labute approximate surface area is 169 Å². The Morgan fingerprint density at radius 1 is 1.17 bits per heavy atom. The van der Waals surface area contributed by atoms with E-state index >= 15 is 0 Å². The van der Waals surface area contributed by atoms with E-state index in [2.05, 4.69) is 6.58 Å². The van der Waals surface area contributed by atoms with E-state index < -0.39 is 22.8 Å². The van der Waals surface area contributed by atoms with E-state index in [1.165, 1.54) is 11.0 Å². The molecule has 1 aliphatic heterocycles. The summed E-state index contributed by atoms with van der Waals surface area (Å²) in [4.78, 5) is 16.1. The average Bonchev–Trinajstić information content (AvgIpc) is 2.82. The second-order valence-electron chi connectivity index (χ2n) is 7.66. The second-order valence-corrected chi connectivity index (χ2v) is 7.66. The number of anilines is 1. The zero-order valence-electron chi connectivity index (χ0n) is 16.9. The van der Waals surface area contributed by atoms with Crippen LogP contribution in [0.25, 0.3) is 0 Å². The SMILES string of the molecule is C=C1N(c2ccc(C#N)c(C(F)(F)F)c2)C(=O)C(C)(C)N1CCCCCCCN. The van der Waals surface area contributed by atoms with Crippen LogP contribution in [-0.2, 0) is 11.0 Å². The Morgan fingerprint density at radius 3 is 2.38 bits per heavy atom. The summed E-state index contributed by atoms with van der Waals surface area (Å²) in [7, 11) is 0. The summed E-state index contributed by atoms with van der Waals surface area (Å²) >= 11 is 0. The lowest BCUT2D eigenvalue weighted by Gasteiger charge is -2.30. The lowest BCUT2D eigenvalue weighted by Crippen LogP contribution is -2.43. The molecule has 5 nitrogen and oxygen atoms in total. The van der Waals surface area contributed by atoms with Gasteiger partial charge in [-0.2, -0.15) is 18.4 Å². The number of rotatable bonds is 8. The number of hydrogen-bond donors (Lipinski definition) is 1. The molecule has 0 aromatic heterocycles. The van der Waals surface area contributed by atoms with Crippen LogP contribution < -0.4 is 10.6 Å². The molecule has 2 N–H and O–H groups in total. The Hall–Kier alpha value is -2.53. The number of carbonyl (C=O) groups is 1. The van der Waals surface area contributed by atoms with E-state index in [0.29, 0.717) is 18.9 Å². The molecule has 1 saturated heterocycles. The van der Waals surface area contributed by atoms with E-state index in [9.17, 15) is 18.0 Å². The Bertz CT molecular complexity index is 811. The molecule has 1 aromatic rings. The Morgan fingerprint density at radius 2 is 1.79 bits per heavy atom. The first-order valence-electron chi connectivity index (χ1n) is 9.68. The fourth-order valence-electron chi connectivity index (χ4n) is 3.57. The lowest BCUT2D eigenvalue weighted by molar-refractivity contribution is -0.137. The molecule has 1 fully saturated rings. The summed E-state index contributed by atoms with van der Waals surface area (Å²) < 4.78 is 40.0. The molecule has 0 atom stereocenters. The number of halogens is 3. The minimum absolute atomic E-state index is 0.0600. The molecule has 0 unspecified atom stereocenters. The number of amides is 1. The highest BCUT2D eigenvalue weighted by atomic mass is 19.4. The van der Waals surface area contributed by atoms with Crippen molar-refractivity contribution in [3.8, 4) is 6.07 Å². The van der Waals surface area contributed by atoms with Gasteiger partial charge in [-0.25, -0.2) is 0 Å². The van der Waals surface area contributed by atoms with Crippen molar-refractivity contribution in [2.45, 2.75) is 57.7 Å². The minimum atomic E-state index is -4.69. The van der Waals surface area contributed by atoms with Gasteiger partial charge in [0.25, 0.3) is 5.91 Å². The number of nitrogens with two attached hydrogens (primary N) is 1. The van der Waals surface area contributed by atoms with Crippen LogP contribution in [0.5, 0.6) is 0 Å². The zero-order valence-corrected chi connectivity index (χ0v) is 16.9. The largest absolute Gasteiger partial charge is 0.417 e. The smallest absolute Gasteiger partial charge is 0.344 e. The molecule has 158 valence electrons. The van der Waals surface area contributed by atoms with E-state index in [0.717, 1.165) is 44.2 Å². The van der Waals surface area contributed by atoms with Crippen molar-refractivity contribution in [3.05, 3.63) is 41.7 Å². The molecular weight excluding hydrogens is 381 g/mol. The topological polar surface area (TPSA) is 73.4 Å². The number of unbranched alkanes of at least 4 members (excludes halogenated alkanes) is 4. The number of nitrogens with zero attached hydrogens (tertiary/aromatic N) is 3. The first-order chi connectivity index (χ1) is 13.6. The Kier molecular flexibility index (Phi) is 6.96. The van der Waals surface area contributed by atoms with E-state index in [-0.39, 0.29) is 11.6 Å². The summed E-state index contributed by atoms with van der Waals surface area (Å²) in [6.45, 7) is 8.70. The molecule has 1 amide bonds. The highest BCUT2D eigenvalue weighted by Gasteiger charge is 2.48. The van der Waals surface area contributed by atoms with Gasteiger partial charge in [-0.05, 0) is 51.4 Å². The summed E-state index contributed by atoms with van der Waals surface area (Å²) in [5, 5.41) is 8.98. The third-order valence-corrected chi connectivity index (χ3v) is 5.24. The molecule has 0 saturated carbocycles. The van der Waals surface area contributed by atoms with Gasteiger partial charge in [0.15, 0.2) is 0 Å². The van der Waals surface area contributed by atoms with Crippen LogP contribution in [0.3, 0.4) is 0 Å². The molecular formula is C21H27F3N4O. The molecule has 0 aliphatic carbocycles. The molecule has 1 aliphatic rings. The number of alkyl halides is 3. The maximum atomic E-state index is 13.3. The first kappa shape index (κ1) is 22.8. The predicted molar refractivity (Wildman–Crippen MR) is 106 cm³/mol. The summed E-state index contributed by atoms with van der Waals surface area (Å²) in [6.07, 6.45) is 0.203. The van der Waals surface area contributed by atoms with E-state index in [1.54, 1.807) is 19.9 Å². The monoisotopic (exact) mass is 408 g/mol. The first-order valence-corrected chi connectivity index (χ1v) is 9.68. The van der Waals surface area contributed by atoms with Gasteiger partial charge in [0.1, 0.15) is 11.4 Å². The molecule has 1 heterocycles. The van der Waals surface area contributed by atoms with Gasteiger partial charge < -0.3 is 10.6 Å². The number of hydrogen-bond acceptors (Lipinski definition) is 4. The van der Waals surface area contributed by atoms with Gasteiger partial charge in [0.2, 0.25) is 0 Å². The zero-order chi connectivity index (χ0) is 21.8. The predicted octanol–water partition coefficient (Wildman–Crippen LogP) is 4.38. The van der Waals surface area contributed by atoms with Gasteiger partial charge in [-0.1, -0.05) is 25.8 Å². The molecule has 0 bridgehead atoms. The van der Waals surface area contributed by atoms with Crippen molar-refractivity contribution in [3.63, 3.8) is 0 Å². The van der Waals surface area contributed by atoms with Crippen molar-refractivity contribution in [2.24, 2.45) is 5.73 Å². The van der Waals surface area contributed by atoms with Crippen LogP contribution in [-0.4, -0.2) is 29.4 Å². The third-order valence-electron chi connectivity index (χ3n) is 5.24. The van der Waals surface area contributed by atoms with Crippen LogP contribution in [0.4, 0.5) is 18.9 Å². The maximum Gasteiger partial charge on any atom is 0.417 e. The van der Waals surface area contributed by atoms with Crippen molar-refractivity contribution < 1.29 is 18.0 Å². The third kappa shape index (κ3) is 4.73. The maximum absolute atomic E-state index is 13.3. The van der Waals surface area contributed by atoms with Crippen LogP contribution in [0.1, 0.15) is 57.1 Å². The molecule has 8 heteroatoms. The minimum Gasteiger partial charge on any atom is -0.344 e. The van der Waals surface area contributed by atoms with Crippen molar-refractivity contribution in [2.75, 3.05) is 18.0 Å². The van der Waals surface area contributed by atoms with E-state index in [4.69, 9.17) is 11.0 Å². The second kappa shape index (κ2) is 8.87. The van der Waals surface area contributed by atoms with Crippen LogP contribution >= 0.6 is 0 Å². The van der Waals surface area contributed by atoms with Crippen molar-refractivity contribution >= 4 is 11.6 Å². The van der Waals surface area contributed by atoms with Crippen LogP contribution in [0.2, 0.25) is 0 Å². The van der Waals surface area contributed by atoms with Gasteiger partial charge in [0.05, 0.1) is 22.9 Å². The molecule has 29 heavy (non-hydrogen) atoms. The van der Waals surface area contributed by atoms with Crippen LogP contribution in [0.15, 0.2) is 30.6 Å². The van der Waals surface area contributed by atoms with Gasteiger partial charge >= 0.3 is 6.18 Å². The lowest BCUT2D eigenvalue weighted by atomic mass is 10.0. The quantitative estimate of drug-likeness (QED) is 0.648. The number of nitriles is 1. The van der Waals surface area contributed by atoms with Gasteiger partial charge in [0, 0.05) is 6.54 Å². The highest BCUT2D eigenvalue weighted by molar-refractivity contribution is 6.05. The van der Waals surface area contributed by atoms with Crippen molar-refractivity contribution in [1.82, 2.24) is 4.90 Å². The summed E-state index contributed by atoms with van der Waals surface area (Å²) in [5.41, 5.74) is 3.09. The molecule has 0 spiro atoms. The molecule has 0 radical (unpaired) electrons. The standard InChI is InChI=1S/C21H27F3N4O/c1-15-27(12-8-6-4-5-7-11-25)20(2,3)19(29)28(15)17-10-9-16(14-26)18(13-17)21(22,23)24/h9-10,13H,1,4-8,11-12,25H2,2-3H3. The fourth-order valence-corrected chi connectivity index (χ4v) is 3.57. The Balaban J connectivity index is 2.23. The average molecular weight is 408 g/mol. The summed E-state index contributed by atoms with van der Waals surface area (Å²) in [5.74, 6) is 0.00301. The van der Waals surface area contributed by atoms with Gasteiger partial charge in [-0.15, -0.1) is 0 Å². The molecule has 1 aromatic carbocycles. The molecule has 2 rings (SSSR count). The van der Waals surface area contributed by atoms with Crippen LogP contribution in [0, 0.1) is 11.3 Å². The van der Waals surface area contributed by atoms with Gasteiger partial charge in [-0.3, -0.25) is 9.69 Å². The fraction of sp³-hybridized carbons (Fsp3) is 0.524. The van der Waals surface area contributed by atoms with Crippen molar-refractivity contribution in [1.29, 1.82) is 5.26 Å². The number of benzene rings is 1. The number of carbonyl (C=O) groups excluding carboxylic acids is 1. The van der Waals surface area contributed by atoms with E-state index in [1.807, 2.05) is 4.90 Å². The highest BCUT2D eigenvalue weighted by Crippen LogP contribution is 2.40. The normalized spacial score (nSPS) is 16.4.